The Hall–Kier alpha value is -2.81. The van der Waals surface area contributed by atoms with Gasteiger partial charge in [0.15, 0.2) is 0 Å². The van der Waals surface area contributed by atoms with Crippen LogP contribution in [0.15, 0.2) is 54.6 Å². The molecule has 2 aromatic carbocycles. The number of hydrogen-bond acceptors (Lipinski definition) is 5. The largest absolute Gasteiger partial charge is 0.457 e. The van der Waals surface area contributed by atoms with E-state index in [9.17, 15) is 5.26 Å². The summed E-state index contributed by atoms with van der Waals surface area (Å²) in [4.78, 5) is 1.25. The second-order valence-corrected chi connectivity index (χ2v) is 7.84. The maximum absolute atomic E-state index is 9.62. The van der Waals surface area contributed by atoms with Gasteiger partial charge in [-0.1, -0.05) is 18.2 Å². The van der Waals surface area contributed by atoms with Gasteiger partial charge in [0.25, 0.3) is 0 Å². The number of nitrogens with two attached hydrogens (primary N) is 1. The molecule has 0 bridgehead atoms. The number of anilines is 2. The molecule has 3 aromatic rings. The highest BCUT2D eigenvalue weighted by Crippen LogP contribution is 2.41. The van der Waals surface area contributed by atoms with Crippen LogP contribution in [0.3, 0.4) is 0 Å². The SMILES string of the molecule is N#Cc1c(Nc2ccc(Oc3ccccc3)cc2)sc(CC2CC2)c1CN. The van der Waals surface area contributed by atoms with Crippen molar-refractivity contribution in [1.82, 2.24) is 0 Å². The van der Waals surface area contributed by atoms with Gasteiger partial charge in [0, 0.05) is 17.1 Å². The minimum absolute atomic E-state index is 0.410. The molecule has 1 fully saturated rings. The summed E-state index contributed by atoms with van der Waals surface area (Å²) < 4.78 is 5.83. The quantitative estimate of drug-likeness (QED) is 0.566. The van der Waals surface area contributed by atoms with Crippen LogP contribution < -0.4 is 15.8 Å². The van der Waals surface area contributed by atoms with Crippen molar-refractivity contribution in [2.75, 3.05) is 5.32 Å². The molecule has 5 heteroatoms. The third-order valence-electron chi connectivity index (χ3n) is 4.67. The standard InChI is InChI=1S/C22H21N3OS/c23-13-19-20(14-24)22(27-21(19)12-15-6-7-15)25-16-8-10-18(11-9-16)26-17-4-2-1-3-5-17/h1-5,8-11,15,25H,6-7,12-13,23H2. The minimum atomic E-state index is 0.410. The van der Waals surface area contributed by atoms with Crippen LogP contribution in [-0.2, 0) is 13.0 Å². The number of hydrogen-bond donors (Lipinski definition) is 2. The number of ether oxygens (including phenoxy) is 1. The van der Waals surface area contributed by atoms with Gasteiger partial charge in [0.2, 0.25) is 0 Å². The molecule has 0 aliphatic heterocycles. The van der Waals surface area contributed by atoms with Crippen molar-refractivity contribution in [3.05, 3.63) is 70.6 Å². The van der Waals surface area contributed by atoms with Crippen LogP contribution in [-0.4, -0.2) is 0 Å². The van der Waals surface area contributed by atoms with E-state index in [2.05, 4.69) is 11.4 Å². The Bertz CT molecular complexity index is 954. The van der Waals surface area contributed by atoms with Crippen molar-refractivity contribution < 1.29 is 4.74 Å². The predicted octanol–water partition coefficient (Wildman–Crippen LogP) is 5.57. The van der Waals surface area contributed by atoms with Crippen molar-refractivity contribution in [3.8, 4) is 17.6 Å². The summed E-state index contributed by atoms with van der Waals surface area (Å²) in [6.45, 7) is 0.410. The van der Waals surface area contributed by atoms with Gasteiger partial charge in [-0.05, 0) is 67.1 Å². The lowest BCUT2D eigenvalue weighted by atomic mass is 10.1. The first-order valence-electron chi connectivity index (χ1n) is 9.11. The van der Waals surface area contributed by atoms with Crippen molar-refractivity contribution in [2.24, 2.45) is 11.7 Å². The van der Waals surface area contributed by atoms with Gasteiger partial charge < -0.3 is 15.8 Å². The summed E-state index contributed by atoms with van der Waals surface area (Å²) in [5.74, 6) is 2.35. The normalized spacial score (nSPS) is 13.2. The molecule has 0 radical (unpaired) electrons. The Morgan fingerprint density at radius 2 is 1.78 bits per heavy atom. The Morgan fingerprint density at radius 3 is 2.41 bits per heavy atom. The smallest absolute Gasteiger partial charge is 0.127 e. The highest BCUT2D eigenvalue weighted by molar-refractivity contribution is 7.16. The number of nitriles is 1. The van der Waals surface area contributed by atoms with Crippen molar-refractivity contribution >= 4 is 22.0 Å². The number of thiophene rings is 1. The van der Waals surface area contributed by atoms with Gasteiger partial charge >= 0.3 is 0 Å². The molecule has 0 spiro atoms. The Labute approximate surface area is 163 Å². The zero-order valence-corrected chi connectivity index (χ0v) is 15.8. The molecule has 1 aliphatic rings. The summed E-state index contributed by atoms with van der Waals surface area (Å²) in [5, 5.41) is 13.9. The van der Waals surface area contributed by atoms with Crippen molar-refractivity contribution in [2.45, 2.75) is 25.8 Å². The first-order valence-corrected chi connectivity index (χ1v) is 9.93. The minimum Gasteiger partial charge on any atom is -0.457 e. The second kappa shape index (κ2) is 7.83. The number of nitrogens with one attached hydrogen (secondary N) is 1. The molecule has 3 N–H and O–H groups in total. The first kappa shape index (κ1) is 17.6. The summed E-state index contributed by atoms with van der Waals surface area (Å²) in [6, 6.07) is 19.8. The third-order valence-corrected chi connectivity index (χ3v) is 5.84. The number of nitrogens with zero attached hydrogens (tertiary/aromatic N) is 1. The van der Waals surface area contributed by atoms with Gasteiger partial charge in [0.05, 0.1) is 5.56 Å². The molecule has 4 rings (SSSR count). The van der Waals surface area contributed by atoms with Gasteiger partial charge in [-0.2, -0.15) is 5.26 Å². The molecule has 1 saturated carbocycles. The molecule has 0 atom stereocenters. The Morgan fingerprint density at radius 1 is 1.07 bits per heavy atom. The predicted molar refractivity (Wildman–Crippen MR) is 110 cm³/mol. The van der Waals surface area contributed by atoms with E-state index in [4.69, 9.17) is 10.5 Å². The summed E-state index contributed by atoms with van der Waals surface area (Å²) in [6.07, 6.45) is 3.61. The molecule has 27 heavy (non-hydrogen) atoms. The second-order valence-electron chi connectivity index (χ2n) is 6.74. The molecule has 4 nitrogen and oxygen atoms in total. The van der Waals surface area contributed by atoms with E-state index in [1.165, 1.54) is 17.7 Å². The molecule has 1 aliphatic carbocycles. The van der Waals surface area contributed by atoms with Gasteiger partial charge in [0.1, 0.15) is 22.6 Å². The van der Waals surface area contributed by atoms with E-state index in [-0.39, 0.29) is 0 Å². The molecular formula is C22H21N3OS. The van der Waals surface area contributed by atoms with Crippen LogP contribution in [0.5, 0.6) is 11.5 Å². The fourth-order valence-corrected chi connectivity index (χ4v) is 4.36. The number of para-hydroxylation sites is 1. The zero-order valence-electron chi connectivity index (χ0n) is 14.9. The van der Waals surface area contributed by atoms with Crippen LogP contribution in [0.25, 0.3) is 0 Å². The Balaban J connectivity index is 1.51. The lowest BCUT2D eigenvalue weighted by Crippen LogP contribution is -2.01. The summed E-state index contributed by atoms with van der Waals surface area (Å²) >= 11 is 1.66. The fourth-order valence-electron chi connectivity index (χ4n) is 3.05. The van der Waals surface area contributed by atoms with Crippen molar-refractivity contribution in [3.63, 3.8) is 0 Å². The molecule has 1 aromatic heterocycles. The van der Waals surface area contributed by atoms with Gasteiger partial charge in [-0.3, -0.25) is 0 Å². The van der Waals surface area contributed by atoms with E-state index in [1.54, 1.807) is 11.3 Å². The van der Waals surface area contributed by atoms with E-state index in [1.807, 2.05) is 54.6 Å². The molecule has 136 valence electrons. The van der Waals surface area contributed by atoms with E-state index < -0.39 is 0 Å². The first-order chi connectivity index (χ1) is 13.3. The van der Waals surface area contributed by atoms with Crippen LogP contribution in [0.1, 0.15) is 28.8 Å². The number of rotatable bonds is 7. The van der Waals surface area contributed by atoms with Gasteiger partial charge in [-0.25, -0.2) is 0 Å². The summed E-state index contributed by atoms with van der Waals surface area (Å²) in [7, 11) is 0. The third kappa shape index (κ3) is 4.13. The average molecular weight is 375 g/mol. The lowest BCUT2D eigenvalue weighted by molar-refractivity contribution is 0.483. The van der Waals surface area contributed by atoms with Gasteiger partial charge in [-0.15, -0.1) is 11.3 Å². The van der Waals surface area contributed by atoms with E-state index in [0.29, 0.717) is 12.1 Å². The molecule has 0 saturated heterocycles. The van der Waals surface area contributed by atoms with Crippen molar-refractivity contribution in [1.29, 1.82) is 5.26 Å². The molecule has 0 amide bonds. The van der Waals surface area contributed by atoms with E-state index in [0.717, 1.165) is 40.1 Å². The average Bonchev–Trinajstić information content (AvgIpc) is 3.45. The van der Waals surface area contributed by atoms with E-state index >= 15 is 0 Å². The van der Waals surface area contributed by atoms with Crippen LogP contribution >= 0.6 is 11.3 Å². The summed E-state index contributed by atoms with van der Waals surface area (Å²) in [5.41, 5.74) is 8.54. The van der Waals surface area contributed by atoms with Crippen LogP contribution in [0.4, 0.5) is 10.7 Å². The monoisotopic (exact) mass is 375 g/mol. The highest BCUT2D eigenvalue weighted by atomic mass is 32.1. The maximum Gasteiger partial charge on any atom is 0.127 e. The fraction of sp³-hybridized carbons (Fsp3) is 0.227. The van der Waals surface area contributed by atoms with Crippen LogP contribution in [0.2, 0.25) is 0 Å². The Kier molecular flexibility index (Phi) is 5.10. The van der Waals surface area contributed by atoms with Crippen LogP contribution in [0, 0.1) is 17.2 Å². The highest BCUT2D eigenvalue weighted by Gasteiger charge is 2.26. The molecule has 1 heterocycles. The lowest BCUT2D eigenvalue weighted by Gasteiger charge is -2.08. The maximum atomic E-state index is 9.62. The molecule has 0 unspecified atom stereocenters. The molecular weight excluding hydrogens is 354 g/mol. The number of benzene rings is 2. The zero-order chi connectivity index (χ0) is 18.6. The topological polar surface area (TPSA) is 71.1 Å².